The molecule has 3 aromatic rings. The second-order valence-corrected chi connectivity index (χ2v) is 4.82. The number of rotatable bonds is 3. The fourth-order valence-corrected chi connectivity index (χ4v) is 2.50. The molecule has 1 aromatic carbocycles. The molecule has 0 atom stereocenters. The number of benzene rings is 1. The monoisotopic (exact) mass is 285 g/mol. The standard InChI is InChI=1S/C14H12ClN5/c1-19-8-10(7-17-19)9-20-12-4-2-3-11(6-16)14(12)18-13(20)5-15/h2-4,7-8H,5,9H2,1H3. The van der Waals surface area contributed by atoms with Crippen molar-refractivity contribution in [3.63, 3.8) is 0 Å². The molecule has 20 heavy (non-hydrogen) atoms. The Hall–Kier alpha value is -2.32. The van der Waals surface area contributed by atoms with Crippen LogP contribution in [0, 0.1) is 11.3 Å². The van der Waals surface area contributed by atoms with Gasteiger partial charge in [0.05, 0.1) is 29.7 Å². The van der Waals surface area contributed by atoms with Crippen LogP contribution in [0.1, 0.15) is 17.0 Å². The summed E-state index contributed by atoms with van der Waals surface area (Å²) < 4.78 is 3.79. The van der Waals surface area contributed by atoms with Gasteiger partial charge in [-0.25, -0.2) is 4.98 Å². The lowest BCUT2D eigenvalue weighted by Crippen LogP contribution is -2.03. The molecule has 0 spiro atoms. The van der Waals surface area contributed by atoms with Gasteiger partial charge in [-0.05, 0) is 12.1 Å². The van der Waals surface area contributed by atoms with Crippen molar-refractivity contribution in [2.45, 2.75) is 12.4 Å². The number of fused-ring (bicyclic) bond motifs is 1. The Labute approximate surface area is 121 Å². The van der Waals surface area contributed by atoms with Gasteiger partial charge in [0.1, 0.15) is 17.4 Å². The highest BCUT2D eigenvalue weighted by Crippen LogP contribution is 2.22. The van der Waals surface area contributed by atoms with Crippen molar-refractivity contribution in [3.8, 4) is 6.07 Å². The van der Waals surface area contributed by atoms with Crippen LogP contribution >= 0.6 is 11.6 Å². The van der Waals surface area contributed by atoms with E-state index in [0.717, 1.165) is 16.9 Å². The van der Waals surface area contributed by atoms with Crippen molar-refractivity contribution >= 4 is 22.6 Å². The minimum atomic E-state index is 0.305. The van der Waals surface area contributed by atoms with E-state index >= 15 is 0 Å². The second-order valence-electron chi connectivity index (χ2n) is 4.56. The molecular formula is C14H12ClN5. The molecule has 0 saturated heterocycles. The molecule has 100 valence electrons. The van der Waals surface area contributed by atoms with Crippen LogP contribution in [0.2, 0.25) is 0 Å². The number of aryl methyl sites for hydroxylation is 1. The van der Waals surface area contributed by atoms with E-state index in [-0.39, 0.29) is 0 Å². The van der Waals surface area contributed by atoms with Crippen LogP contribution in [0.25, 0.3) is 11.0 Å². The van der Waals surface area contributed by atoms with Crippen LogP contribution in [0.3, 0.4) is 0 Å². The molecule has 0 N–H and O–H groups in total. The van der Waals surface area contributed by atoms with Crippen molar-refractivity contribution in [1.82, 2.24) is 19.3 Å². The van der Waals surface area contributed by atoms with E-state index in [0.29, 0.717) is 23.5 Å². The van der Waals surface area contributed by atoms with Crippen LogP contribution in [0.15, 0.2) is 30.6 Å². The Morgan fingerprint density at radius 2 is 2.25 bits per heavy atom. The van der Waals surface area contributed by atoms with E-state index in [2.05, 4.69) is 16.2 Å². The van der Waals surface area contributed by atoms with Crippen LogP contribution in [-0.2, 0) is 19.5 Å². The zero-order valence-electron chi connectivity index (χ0n) is 10.9. The maximum atomic E-state index is 9.16. The van der Waals surface area contributed by atoms with Gasteiger partial charge in [-0.2, -0.15) is 10.4 Å². The van der Waals surface area contributed by atoms with Crippen LogP contribution in [0.5, 0.6) is 0 Å². The van der Waals surface area contributed by atoms with E-state index in [4.69, 9.17) is 16.9 Å². The Morgan fingerprint density at radius 1 is 1.40 bits per heavy atom. The zero-order chi connectivity index (χ0) is 14.1. The number of hydrogen-bond acceptors (Lipinski definition) is 3. The molecule has 6 heteroatoms. The number of aromatic nitrogens is 4. The minimum absolute atomic E-state index is 0.305. The van der Waals surface area contributed by atoms with Crippen molar-refractivity contribution < 1.29 is 0 Å². The Morgan fingerprint density at radius 3 is 2.90 bits per heavy atom. The van der Waals surface area contributed by atoms with Crippen molar-refractivity contribution in [1.29, 1.82) is 5.26 Å². The molecule has 0 fully saturated rings. The first-order valence-corrected chi connectivity index (χ1v) is 6.68. The van der Waals surface area contributed by atoms with Crippen molar-refractivity contribution in [3.05, 3.63) is 47.5 Å². The third-order valence-corrected chi connectivity index (χ3v) is 3.44. The smallest absolute Gasteiger partial charge is 0.125 e. The molecule has 5 nitrogen and oxygen atoms in total. The second kappa shape index (κ2) is 4.99. The quantitative estimate of drug-likeness (QED) is 0.695. The third kappa shape index (κ3) is 2.04. The van der Waals surface area contributed by atoms with Gasteiger partial charge in [-0.15, -0.1) is 11.6 Å². The minimum Gasteiger partial charge on any atom is -0.322 e. The van der Waals surface area contributed by atoms with Crippen LogP contribution in [-0.4, -0.2) is 19.3 Å². The average Bonchev–Trinajstić information content (AvgIpc) is 3.03. The molecular weight excluding hydrogens is 274 g/mol. The highest BCUT2D eigenvalue weighted by atomic mass is 35.5. The largest absolute Gasteiger partial charge is 0.322 e. The van der Waals surface area contributed by atoms with E-state index in [1.54, 1.807) is 10.7 Å². The SMILES string of the molecule is Cn1cc(Cn2c(CCl)nc3c(C#N)cccc32)cn1. The van der Waals surface area contributed by atoms with Gasteiger partial charge in [0.25, 0.3) is 0 Å². The van der Waals surface area contributed by atoms with Gasteiger partial charge in [0.15, 0.2) is 0 Å². The lowest BCUT2D eigenvalue weighted by molar-refractivity contribution is 0.759. The molecule has 0 saturated carbocycles. The Kier molecular flexibility index (Phi) is 3.17. The third-order valence-electron chi connectivity index (χ3n) is 3.20. The predicted molar refractivity (Wildman–Crippen MR) is 76.3 cm³/mol. The summed E-state index contributed by atoms with van der Waals surface area (Å²) in [5.74, 6) is 1.06. The van der Waals surface area contributed by atoms with Gasteiger partial charge < -0.3 is 4.57 Å². The predicted octanol–water partition coefficient (Wildman–Crippen LogP) is 2.43. The molecule has 0 bridgehead atoms. The number of para-hydroxylation sites is 1. The van der Waals surface area contributed by atoms with Crippen LogP contribution < -0.4 is 0 Å². The first kappa shape index (κ1) is 12.7. The fourth-order valence-electron chi connectivity index (χ4n) is 2.30. The maximum absolute atomic E-state index is 9.16. The number of nitrogens with zero attached hydrogens (tertiary/aromatic N) is 5. The summed E-state index contributed by atoms with van der Waals surface area (Å²) in [6, 6.07) is 7.75. The fraction of sp³-hybridized carbons (Fsp3) is 0.214. The summed E-state index contributed by atoms with van der Waals surface area (Å²) in [5, 5.41) is 13.3. The molecule has 0 aliphatic rings. The molecule has 0 aliphatic carbocycles. The first-order chi connectivity index (χ1) is 9.72. The molecule has 2 heterocycles. The van der Waals surface area contributed by atoms with E-state index < -0.39 is 0 Å². The zero-order valence-corrected chi connectivity index (χ0v) is 11.7. The Balaban J connectivity index is 2.16. The van der Waals surface area contributed by atoms with Gasteiger partial charge in [-0.3, -0.25) is 4.68 Å². The van der Waals surface area contributed by atoms with Gasteiger partial charge in [-0.1, -0.05) is 6.07 Å². The van der Waals surface area contributed by atoms with Crippen LogP contribution in [0.4, 0.5) is 0 Å². The summed E-state index contributed by atoms with van der Waals surface area (Å²) in [5.41, 5.74) is 3.26. The highest BCUT2D eigenvalue weighted by molar-refractivity contribution is 6.16. The van der Waals surface area contributed by atoms with Gasteiger partial charge in [0, 0.05) is 18.8 Å². The molecule has 0 unspecified atom stereocenters. The Bertz CT molecular complexity index is 809. The van der Waals surface area contributed by atoms with Gasteiger partial charge in [0.2, 0.25) is 0 Å². The summed E-state index contributed by atoms with van der Waals surface area (Å²) in [6.07, 6.45) is 3.77. The molecule has 0 aliphatic heterocycles. The summed E-state index contributed by atoms with van der Waals surface area (Å²) in [7, 11) is 1.88. The number of alkyl halides is 1. The lowest BCUT2D eigenvalue weighted by atomic mass is 10.2. The van der Waals surface area contributed by atoms with Crippen molar-refractivity contribution in [2.75, 3.05) is 0 Å². The summed E-state index contributed by atoms with van der Waals surface area (Å²) >= 11 is 5.98. The van der Waals surface area contributed by atoms with Gasteiger partial charge >= 0.3 is 0 Å². The molecule has 0 amide bonds. The molecule has 3 rings (SSSR count). The first-order valence-electron chi connectivity index (χ1n) is 6.14. The number of imidazole rings is 1. The van der Waals surface area contributed by atoms with E-state index in [1.807, 2.05) is 36.1 Å². The molecule has 2 aromatic heterocycles. The number of nitriles is 1. The lowest BCUT2D eigenvalue weighted by Gasteiger charge is -2.05. The molecule has 0 radical (unpaired) electrons. The number of hydrogen-bond donors (Lipinski definition) is 0. The van der Waals surface area contributed by atoms with E-state index in [1.165, 1.54) is 0 Å². The maximum Gasteiger partial charge on any atom is 0.125 e. The summed E-state index contributed by atoms with van der Waals surface area (Å²) in [4.78, 5) is 4.49. The average molecular weight is 286 g/mol. The topological polar surface area (TPSA) is 59.4 Å². The highest BCUT2D eigenvalue weighted by Gasteiger charge is 2.13. The normalized spacial score (nSPS) is 10.8. The summed E-state index contributed by atoms with van der Waals surface area (Å²) in [6.45, 7) is 0.640. The van der Waals surface area contributed by atoms with E-state index in [9.17, 15) is 0 Å². The number of halogens is 1. The van der Waals surface area contributed by atoms with Crippen molar-refractivity contribution in [2.24, 2.45) is 7.05 Å².